The number of hydrogen-bond acceptors (Lipinski definition) is 4. The van der Waals surface area contributed by atoms with Crippen LogP contribution < -0.4 is 5.32 Å². The molecule has 1 atom stereocenters. The Morgan fingerprint density at radius 2 is 2.18 bits per heavy atom. The summed E-state index contributed by atoms with van der Waals surface area (Å²) in [5.41, 5.74) is 0.900. The van der Waals surface area contributed by atoms with E-state index in [1.54, 1.807) is 17.8 Å². The first-order chi connectivity index (χ1) is 8.22. The standard InChI is InChI=1S/C13H17NO2S/c1-4-9-14-12(13(15)16-2)10-5-7-11(17-3)8-6-10/h4-8,12,14H,1,9H2,2-3H3. The van der Waals surface area contributed by atoms with E-state index in [-0.39, 0.29) is 5.97 Å². The summed E-state index contributed by atoms with van der Waals surface area (Å²) in [6.45, 7) is 4.18. The van der Waals surface area contributed by atoms with Gasteiger partial charge in [-0.2, -0.15) is 0 Å². The van der Waals surface area contributed by atoms with Crippen LogP contribution in [0, 0.1) is 0 Å². The average molecular weight is 251 g/mol. The van der Waals surface area contributed by atoms with Crippen molar-refractivity contribution in [1.29, 1.82) is 0 Å². The van der Waals surface area contributed by atoms with Crippen molar-refractivity contribution in [2.24, 2.45) is 0 Å². The summed E-state index contributed by atoms with van der Waals surface area (Å²) in [4.78, 5) is 12.8. The molecule has 1 N–H and O–H groups in total. The number of carbonyl (C=O) groups excluding carboxylic acids is 1. The highest BCUT2D eigenvalue weighted by Crippen LogP contribution is 2.19. The van der Waals surface area contributed by atoms with Crippen LogP contribution in [0.15, 0.2) is 41.8 Å². The van der Waals surface area contributed by atoms with Gasteiger partial charge in [-0.1, -0.05) is 18.2 Å². The maximum atomic E-state index is 11.6. The summed E-state index contributed by atoms with van der Waals surface area (Å²) in [6.07, 6.45) is 3.73. The summed E-state index contributed by atoms with van der Waals surface area (Å²) < 4.78 is 4.78. The third-order valence-electron chi connectivity index (χ3n) is 2.35. The van der Waals surface area contributed by atoms with E-state index in [0.29, 0.717) is 6.54 Å². The van der Waals surface area contributed by atoms with Gasteiger partial charge in [0.2, 0.25) is 0 Å². The van der Waals surface area contributed by atoms with E-state index in [9.17, 15) is 4.79 Å². The molecule has 0 aromatic heterocycles. The number of rotatable bonds is 6. The van der Waals surface area contributed by atoms with E-state index in [1.165, 1.54) is 12.0 Å². The van der Waals surface area contributed by atoms with Crippen LogP contribution >= 0.6 is 11.8 Å². The Morgan fingerprint density at radius 1 is 1.53 bits per heavy atom. The Morgan fingerprint density at radius 3 is 2.65 bits per heavy atom. The zero-order valence-electron chi connectivity index (χ0n) is 10.1. The molecule has 17 heavy (non-hydrogen) atoms. The quantitative estimate of drug-likeness (QED) is 0.478. The Hall–Kier alpha value is -1.26. The molecule has 0 heterocycles. The van der Waals surface area contributed by atoms with Crippen LogP contribution in [0.4, 0.5) is 0 Å². The predicted molar refractivity (Wildman–Crippen MR) is 71.2 cm³/mol. The lowest BCUT2D eigenvalue weighted by Gasteiger charge is -2.16. The second kappa shape index (κ2) is 7.14. The van der Waals surface area contributed by atoms with Crippen LogP contribution in [0.1, 0.15) is 11.6 Å². The van der Waals surface area contributed by atoms with Gasteiger partial charge >= 0.3 is 5.97 Å². The van der Waals surface area contributed by atoms with E-state index < -0.39 is 6.04 Å². The first kappa shape index (κ1) is 13.8. The van der Waals surface area contributed by atoms with Gasteiger partial charge in [-0.3, -0.25) is 5.32 Å². The van der Waals surface area contributed by atoms with Crippen LogP contribution in [-0.2, 0) is 9.53 Å². The summed E-state index contributed by atoms with van der Waals surface area (Å²) in [6, 6.07) is 7.42. The van der Waals surface area contributed by atoms with Gasteiger partial charge in [-0.05, 0) is 24.0 Å². The first-order valence-electron chi connectivity index (χ1n) is 5.29. The number of thioether (sulfide) groups is 1. The van der Waals surface area contributed by atoms with Gasteiger partial charge in [0.1, 0.15) is 6.04 Å². The molecule has 0 aliphatic rings. The van der Waals surface area contributed by atoms with E-state index >= 15 is 0 Å². The van der Waals surface area contributed by atoms with Crippen LogP contribution in [0.25, 0.3) is 0 Å². The number of ether oxygens (including phenoxy) is 1. The van der Waals surface area contributed by atoms with Gasteiger partial charge in [-0.25, -0.2) is 4.79 Å². The van der Waals surface area contributed by atoms with Crippen molar-refractivity contribution < 1.29 is 9.53 Å². The Bertz CT molecular complexity index is 376. The van der Waals surface area contributed by atoms with Gasteiger partial charge in [0.05, 0.1) is 7.11 Å². The molecule has 1 aromatic carbocycles. The highest BCUT2D eigenvalue weighted by atomic mass is 32.2. The highest BCUT2D eigenvalue weighted by molar-refractivity contribution is 7.98. The summed E-state index contributed by atoms with van der Waals surface area (Å²) in [5, 5.41) is 3.07. The highest BCUT2D eigenvalue weighted by Gasteiger charge is 2.19. The normalized spacial score (nSPS) is 11.9. The van der Waals surface area contributed by atoms with Crippen molar-refractivity contribution in [1.82, 2.24) is 5.32 Å². The van der Waals surface area contributed by atoms with Crippen LogP contribution in [0.5, 0.6) is 0 Å². The number of esters is 1. The lowest BCUT2D eigenvalue weighted by molar-refractivity contribution is -0.143. The molecular weight excluding hydrogens is 234 g/mol. The molecule has 0 saturated carbocycles. The monoisotopic (exact) mass is 251 g/mol. The van der Waals surface area contributed by atoms with Gasteiger partial charge in [0, 0.05) is 11.4 Å². The maximum absolute atomic E-state index is 11.6. The van der Waals surface area contributed by atoms with Crippen LogP contribution in [0.3, 0.4) is 0 Å². The minimum absolute atomic E-state index is 0.288. The molecule has 0 fully saturated rings. The number of nitrogens with one attached hydrogen (secondary N) is 1. The minimum Gasteiger partial charge on any atom is -0.468 e. The average Bonchev–Trinajstić information content (AvgIpc) is 2.39. The predicted octanol–water partition coefficient (Wildman–Crippen LogP) is 2.40. The third kappa shape index (κ3) is 3.91. The summed E-state index contributed by atoms with van der Waals surface area (Å²) in [7, 11) is 1.39. The van der Waals surface area contributed by atoms with Crippen molar-refractivity contribution in [2.45, 2.75) is 10.9 Å². The maximum Gasteiger partial charge on any atom is 0.327 e. The zero-order chi connectivity index (χ0) is 12.7. The molecule has 1 unspecified atom stereocenters. The fourth-order valence-electron chi connectivity index (χ4n) is 1.45. The molecule has 0 aliphatic heterocycles. The first-order valence-corrected chi connectivity index (χ1v) is 6.51. The van der Waals surface area contributed by atoms with Gasteiger partial charge in [0.25, 0.3) is 0 Å². The topological polar surface area (TPSA) is 38.3 Å². The molecule has 4 heteroatoms. The molecule has 3 nitrogen and oxygen atoms in total. The second-order valence-corrected chi connectivity index (χ2v) is 4.31. The van der Waals surface area contributed by atoms with Crippen molar-refractivity contribution in [2.75, 3.05) is 19.9 Å². The van der Waals surface area contributed by atoms with Gasteiger partial charge < -0.3 is 4.74 Å². The van der Waals surface area contributed by atoms with Crippen molar-refractivity contribution in [3.05, 3.63) is 42.5 Å². The molecule has 0 amide bonds. The molecule has 0 saturated heterocycles. The Kier molecular flexibility index (Phi) is 5.80. The zero-order valence-corrected chi connectivity index (χ0v) is 10.9. The van der Waals surface area contributed by atoms with Crippen LogP contribution in [0.2, 0.25) is 0 Å². The SMILES string of the molecule is C=CCNC(C(=O)OC)c1ccc(SC)cc1. The van der Waals surface area contributed by atoms with Crippen molar-refractivity contribution in [3.8, 4) is 0 Å². The van der Waals surface area contributed by atoms with E-state index in [4.69, 9.17) is 4.74 Å². The van der Waals surface area contributed by atoms with Crippen molar-refractivity contribution in [3.63, 3.8) is 0 Å². The summed E-state index contributed by atoms with van der Waals surface area (Å²) >= 11 is 1.67. The lowest BCUT2D eigenvalue weighted by atomic mass is 10.1. The molecule has 0 spiro atoms. The molecule has 1 rings (SSSR count). The molecule has 0 bridgehead atoms. The van der Waals surface area contributed by atoms with Crippen molar-refractivity contribution >= 4 is 17.7 Å². The van der Waals surface area contributed by atoms with E-state index in [1.807, 2.05) is 30.5 Å². The van der Waals surface area contributed by atoms with Gasteiger partial charge in [-0.15, -0.1) is 18.3 Å². The number of carbonyl (C=O) groups is 1. The van der Waals surface area contributed by atoms with E-state index in [0.717, 1.165) is 5.56 Å². The molecule has 1 aromatic rings. The second-order valence-electron chi connectivity index (χ2n) is 3.43. The number of methoxy groups -OCH3 is 1. The molecule has 0 radical (unpaired) electrons. The van der Waals surface area contributed by atoms with Gasteiger partial charge in [0.15, 0.2) is 0 Å². The lowest BCUT2D eigenvalue weighted by Crippen LogP contribution is -2.29. The fourth-order valence-corrected chi connectivity index (χ4v) is 1.86. The van der Waals surface area contributed by atoms with Crippen LogP contribution in [-0.4, -0.2) is 25.9 Å². The Labute approximate surface area is 106 Å². The Balaban J connectivity index is 2.86. The largest absolute Gasteiger partial charge is 0.468 e. The van der Waals surface area contributed by atoms with E-state index in [2.05, 4.69) is 11.9 Å². The summed E-state index contributed by atoms with van der Waals surface area (Å²) in [5.74, 6) is -0.288. The minimum atomic E-state index is -0.436. The fraction of sp³-hybridized carbons (Fsp3) is 0.308. The number of hydrogen-bond donors (Lipinski definition) is 1. The molecule has 92 valence electrons. The number of benzene rings is 1. The smallest absolute Gasteiger partial charge is 0.327 e. The molecular formula is C13H17NO2S. The third-order valence-corrected chi connectivity index (χ3v) is 3.10. The molecule has 0 aliphatic carbocycles.